The van der Waals surface area contributed by atoms with Crippen LogP contribution in [-0.4, -0.2) is 46.3 Å². The summed E-state index contributed by atoms with van der Waals surface area (Å²) in [6, 6.07) is 0. The van der Waals surface area contributed by atoms with Crippen molar-refractivity contribution < 1.29 is 5.11 Å². The molecule has 142 valence electrons. The number of nitrogens with one attached hydrogen (secondary N) is 1. The topological polar surface area (TPSA) is 74.2 Å². The van der Waals surface area contributed by atoms with Gasteiger partial charge in [0.25, 0.3) is 0 Å². The van der Waals surface area contributed by atoms with Crippen molar-refractivity contribution in [3.63, 3.8) is 0 Å². The minimum Gasteiger partial charge on any atom is -0.395 e. The summed E-state index contributed by atoms with van der Waals surface area (Å²) in [5.41, 5.74) is 3.94. The Kier molecular flexibility index (Phi) is 4.57. The molecular formula is C20H25N5OS. The molecule has 1 aliphatic heterocycles. The van der Waals surface area contributed by atoms with Gasteiger partial charge in [-0.3, -0.25) is 0 Å². The molecule has 6 nitrogen and oxygen atoms in total. The predicted molar refractivity (Wildman–Crippen MR) is 111 cm³/mol. The largest absolute Gasteiger partial charge is 0.395 e. The molecule has 0 bridgehead atoms. The van der Waals surface area contributed by atoms with Crippen LogP contribution < -0.4 is 10.2 Å². The lowest BCUT2D eigenvalue weighted by molar-refractivity contribution is 0.311. The fourth-order valence-corrected chi connectivity index (χ4v) is 5.63. The molecule has 0 atom stereocenters. The molecule has 0 unspecified atom stereocenters. The molecule has 0 aromatic carbocycles. The summed E-state index contributed by atoms with van der Waals surface area (Å²) >= 11 is 1.68. The number of nitrogens with zero attached hydrogens (tertiary/aromatic N) is 4. The van der Waals surface area contributed by atoms with Crippen LogP contribution in [0.2, 0.25) is 0 Å². The van der Waals surface area contributed by atoms with Gasteiger partial charge in [-0.05, 0) is 56.1 Å². The van der Waals surface area contributed by atoms with Gasteiger partial charge in [-0.1, -0.05) is 0 Å². The van der Waals surface area contributed by atoms with Gasteiger partial charge in [-0.15, -0.1) is 11.3 Å². The summed E-state index contributed by atoms with van der Waals surface area (Å²) in [5, 5.41) is 13.6. The molecule has 4 heterocycles. The highest BCUT2D eigenvalue weighted by Gasteiger charge is 2.26. The van der Waals surface area contributed by atoms with E-state index in [1.54, 1.807) is 17.7 Å². The van der Waals surface area contributed by atoms with Crippen LogP contribution in [0.15, 0.2) is 6.33 Å². The molecule has 1 fully saturated rings. The number of pyridine rings is 1. The van der Waals surface area contributed by atoms with E-state index in [1.807, 2.05) is 0 Å². The molecule has 3 aromatic heterocycles. The van der Waals surface area contributed by atoms with E-state index in [4.69, 9.17) is 10.1 Å². The van der Waals surface area contributed by atoms with Crippen molar-refractivity contribution in [3.8, 4) is 0 Å². The number of rotatable bonds is 4. The lowest BCUT2D eigenvalue weighted by Gasteiger charge is -2.31. The first-order valence-corrected chi connectivity index (χ1v) is 10.9. The van der Waals surface area contributed by atoms with E-state index >= 15 is 0 Å². The van der Waals surface area contributed by atoms with Crippen LogP contribution in [-0.2, 0) is 12.8 Å². The van der Waals surface area contributed by atoms with Crippen molar-refractivity contribution in [1.29, 1.82) is 0 Å². The standard InChI is InChI=1S/C20H25N5OS/c26-11-8-21-18-17-16(22-12-23-18)15-13-6-2-3-7-14(13)19(24-20(15)27-17)25-9-4-1-5-10-25/h12,26H,1-11H2,(H,21,22,23). The molecule has 0 spiro atoms. The van der Waals surface area contributed by atoms with E-state index in [9.17, 15) is 0 Å². The second kappa shape index (κ2) is 7.20. The van der Waals surface area contributed by atoms with Crippen molar-refractivity contribution in [1.82, 2.24) is 15.0 Å². The number of aliphatic hydroxyl groups is 1. The number of aliphatic hydroxyl groups excluding tert-OH is 1. The fraction of sp³-hybridized carbons (Fsp3) is 0.550. The minimum atomic E-state index is 0.0865. The van der Waals surface area contributed by atoms with Gasteiger partial charge in [-0.25, -0.2) is 15.0 Å². The Bertz CT molecular complexity index is 980. The molecule has 1 saturated heterocycles. The smallest absolute Gasteiger partial charge is 0.147 e. The van der Waals surface area contributed by atoms with Crippen molar-refractivity contribution >= 4 is 43.4 Å². The quantitative estimate of drug-likeness (QED) is 0.718. The first kappa shape index (κ1) is 17.1. The Morgan fingerprint density at radius 2 is 1.85 bits per heavy atom. The number of fused-ring (bicyclic) bond motifs is 5. The van der Waals surface area contributed by atoms with Gasteiger partial charge in [-0.2, -0.15) is 0 Å². The molecule has 3 aromatic rings. The van der Waals surface area contributed by atoms with E-state index in [-0.39, 0.29) is 6.61 Å². The SMILES string of the molecule is OCCNc1ncnc2c1sc1nc(N3CCCCC3)c3c(c12)CCCC3. The third-order valence-corrected chi connectivity index (χ3v) is 6.84. The molecule has 0 amide bonds. The van der Waals surface area contributed by atoms with Crippen LogP contribution in [0.1, 0.15) is 43.2 Å². The number of thiophene rings is 1. The molecule has 2 N–H and O–H groups in total. The zero-order valence-electron chi connectivity index (χ0n) is 15.5. The van der Waals surface area contributed by atoms with E-state index in [0.29, 0.717) is 6.54 Å². The number of aryl methyl sites for hydroxylation is 1. The molecular weight excluding hydrogens is 358 g/mol. The van der Waals surface area contributed by atoms with E-state index in [2.05, 4.69) is 20.2 Å². The monoisotopic (exact) mass is 383 g/mol. The predicted octanol–water partition coefficient (Wildman–Crippen LogP) is 3.51. The maximum absolute atomic E-state index is 9.16. The Balaban J connectivity index is 1.73. The van der Waals surface area contributed by atoms with Crippen LogP contribution >= 0.6 is 11.3 Å². The maximum Gasteiger partial charge on any atom is 0.147 e. The van der Waals surface area contributed by atoms with Crippen molar-refractivity contribution in [2.75, 3.05) is 36.5 Å². The van der Waals surface area contributed by atoms with Gasteiger partial charge in [0.2, 0.25) is 0 Å². The Morgan fingerprint density at radius 3 is 2.67 bits per heavy atom. The van der Waals surface area contributed by atoms with Gasteiger partial charge >= 0.3 is 0 Å². The molecule has 27 heavy (non-hydrogen) atoms. The Hall–Kier alpha value is -1.99. The Morgan fingerprint density at radius 1 is 1.04 bits per heavy atom. The molecule has 0 saturated carbocycles. The van der Waals surface area contributed by atoms with Gasteiger partial charge in [0.1, 0.15) is 22.8 Å². The summed E-state index contributed by atoms with van der Waals surface area (Å²) in [5.74, 6) is 2.03. The van der Waals surface area contributed by atoms with E-state index < -0.39 is 0 Å². The van der Waals surface area contributed by atoms with Crippen LogP contribution in [0.5, 0.6) is 0 Å². The Labute approximate surface area is 162 Å². The molecule has 1 aliphatic carbocycles. The van der Waals surface area contributed by atoms with Gasteiger partial charge in [0, 0.05) is 25.0 Å². The lowest BCUT2D eigenvalue weighted by atomic mass is 9.89. The number of aromatic nitrogens is 3. The number of hydrogen-bond acceptors (Lipinski definition) is 7. The van der Waals surface area contributed by atoms with Crippen molar-refractivity contribution in [3.05, 3.63) is 17.5 Å². The average molecular weight is 384 g/mol. The highest BCUT2D eigenvalue weighted by molar-refractivity contribution is 7.26. The van der Waals surface area contributed by atoms with Gasteiger partial charge < -0.3 is 15.3 Å². The zero-order chi connectivity index (χ0) is 18.2. The summed E-state index contributed by atoms with van der Waals surface area (Å²) in [7, 11) is 0. The third-order valence-electron chi connectivity index (χ3n) is 5.76. The van der Waals surface area contributed by atoms with E-state index in [0.717, 1.165) is 46.8 Å². The highest BCUT2D eigenvalue weighted by atomic mass is 32.1. The van der Waals surface area contributed by atoms with Crippen LogP contribution in [0, 0.1) is 0 Å². The van der Waals surface area contributed by atoms with Gasteiger partial charge in [0.05, 0.1) is 16.8 Å². The zero-order valence-corrected chi connectivity index (χ0v) is 16.3. The first-order valence-electron chi connectivity index (χ1n) is 10.1. The first-order chi connectivity index (χ1) is 13.4. The number of hydrogen-bond donors (Lipinski definition) is 2. The fourth-order valence-electron chi connectivity index (χ4n) is 4.51. The average Bonchev–Trinajstić information content (AvgIpc) is 3.11. The van der Waals surface area contributed by atoms with Crippen LogP contribution in [0.4, 0.5) is 11.6 Å². The van der Waals surface area contributed by atoms with E-state index in [1.165, 1.54) is 54.4 Å². The maximum atomic E-state index is 9.16. The molecule has 7 heteroatoms. The van der Waals surface area contributed by atoms with Crippen LogP contribution in [0.25, 0.3) is 20.4 Å². The van der Waals surface area contributed by atoms with Gasteiger partial charge in [0.15, 0.2) is 0 Å². The summed E-state index contributed by atoms with van der Waals surface area (Å²) < 4.78 is 1.05. The molecule has 5 rings (SSSR count). The summed E-state index contributed by atoms with van der Waals surface area (Å²) in [4.78, 5) is 17.8. The number of anilines is 2. The molecule has 0 radical (unpaired) electrons. The summed E-state index contributed by atoms with van der Waals surface area (Å²) in [6.07, 6.45) is 10.2. The lowest BCUT2D eigenvalue weighted by Crippen LogP contribution is -2.31. The summed E-state index contributed by atoms with van der Waals surface area (Å²) in [6.45, 7) is 2.83. The second-order valence-electron chi connectivity index (χ2n) is 7.48. The highest BCUT2D eigenvalue weighted by Crippen LogP contribution is 2.42. The normalized spacial score (nSPS) is 17.4. The molecule has 2 aliphatic rings. The third kappa shape index (κ3) is 2.93. The van der Waals surface area contributed by atoms with Crippen LogP contribution in [0.3, 0.4) is 0 Å². The second-order valence-corrected chi connectivity index (χ2v) is 8.48. The number of piperidine rings is 1. The minimum absolute atomic E-state index is 0.0865. The van der Waals surface area contributed by atoms with Crippen molar-refractivity contribution in [2.45, 2.75) is 44.9 Å². The van der Waals surface area contributed by atoms with Crippen molar-refractivity contribution in [2.24, 2.45) is 0 Å².